The minimum Gasteiger partial charge on any atom is -0.376 e. The molecule has 0 aromatic rings. The van der Waals surface area contributed by atoms with Crippen LogP contribution in [0.2, 0.25) is 0 Å². The first-order valence-electron chi connectivity index (χ1n) is 10.7. The van der Waals surface area contributed by atoms with E-state index in [-0.39, 0.29) is 24.0 Å². The van der Waals surface area contributed by atoms with E-state index in [1.54, 1.807) is 0 Å². The SMILES string of the molecule is CCNC(=NCC1CCCN(C)C1)N1CCC(OCC2CCCO2)CC1.I. The molecule has 0 aromatic carbocycles. The van der Waals surface area contributed by atoms with Crippen molar-refractivity contribution in [3.63, 3.8) is 0 Å². The molecule has 0 amide bonds. The minimum atomic E-state index is 0. The molecule has 0 aromatic heterocycles. The summed E-state index contributed by atoms with van der Waals surface area (Å²) in [6.45, 7) is 10.2. The van der Waals surface area contributed by atoms with E-state index in [1.807, 2.05) is 0 Å². The van der Waals surface area contributed by atoms with Gasteiger partial charge in [0.15, 0.2) is 5.96 Å². The van der Waals surface area contributed by atoms with E-state index in [0.29, 0.717) is 18.1 Å². The number of guanidine groups is 1. The Balaban J connectivity index is 0.00000261. The lowest BCUT2D eigenvalue weighted by Crippen LogP contribution is -2.47. The molecule has 3 aliphatic rings. The van der Waals surface area contributed by atoms with Crippen molar-refractivity contribution in [1.82, 2.24) is 15.1 Å². The smallest absolute Gasteiger partial charge is 0.193 e. The molecule has 1 N–H and O–H groups in total. The van der Waals surface area contributed by atoms with Gasteiger partial charge in [-0.1, -0.05) is 0 Å². The molecule has 0 bridgehead atoms. The van der Waals surface area contributed by atoms with Crippen LogP contribution in [0.5, 0.6) is 0 Å². The minimum absolute atomic E-state index is 0. The predicted molar refractivity (Wildman–Crippen MR) is 121 cm³/mol. The van der Waals surface area contributed by atoms with Crippen LogP contribution >= 0.6 is 24.0 Å². The van der Waals surface area contributed by atoms with Gasteiger partial charge in [-0.15, -0.1) is 24.0 Å². The zero-order valence-electron chi connectivity index (χ0n) is 17.2. The highest BCUT2D eigenvalue weighted by Crippen LogP contribution is 2.19. The maximum absolute atomic E-state index is 6.10. The van der Waals surface area contributed by atoms with Crippen LogP contribution in [0.25, 0.3) is 0 Å². The molecule has 158 valence electrons. The molecule has 3 rings (SSSR count). The summed E-state index contributed by atoms with van der Waals surface area (Å²) >= 11 is 0. The lowest BCUT2D eigenvalue weighted by atomic mass is 9.99. The van der Waals surface area contributed by atoms with Crippen molar-refractivity contribution in [2.24, 2.45) is 10.9 Å². The number of likely N-dealkylation sites (tertiary alicyclic amines) is 2. The number of aliphatic imine (C=N–C) groups is 1. The summed E-state index contributed by atoms with van der Waals surface area (Å²) in [6, 6.07) is 0. The molecule has 3 saturated heterocycles. The summed E-state index contributed by atoms with van der Waals surface area (Å²) in [5.41, 5.74) is 0. The maximum Gasteiger partial charge on any atom is 0.193 e. The second kappa shape index (κ2) is 12.4. The lowest BCUT2D eigenvalue weighted by Gasteiger charge is -2.35. The molecule has 2 unspecified atom stereocenters. The van der Waals surface area contributed by atoms with Crippen molar-refractivity contribution in [1.29, 1.82) is 0 Å². The molecular formula is C20H39IN4O2. The second-order valence-corrected chi connectivity index (χ2v) is 8.12. The van der Waals surface area contributed by atoms with Crippen molar-refractivity contribution < 1.29 is 9.47 Å². The van der Waals surface area contributed by atoms with Gasteiger partial charge in [0.25, 0.3) is 0 Å². The van der Waals surface area contributed by atoms with E-state index in [4.69, 9.17) is 14.5 Å². The number of piperidine rings is 2. The first-order valence-corrected chi connectivity index (χ1v) is 10.7. The highest BCUT2D eigenvalue weighted by atomic mass is 127. The van der Waals surface area contributed by atoms with Gasteiger partial charge in [0.2, 0.25) is 0 Å². The molecule has 6 nitrogen and oxygen atoms in total. The third-order valence-corrected chi connectivity index (χ3v) is 5.84. The molecule has 0 radical (unpaired) electrons. The first kappa shape index (κ1) is 23.2. The Labute approximate surface area is 182 Å². The van der Waals surface area contributed by atoms with Crippen LogP contribution in [0.3, 0.4) is 0 Å². The van der Waals surface area contributed by atoms with E-state index in [9.17, 15) is 0 Å². The number of nitrogens with zero attached hydrogens (tertiary/aromatic N) is 3. The average Bonchev–Trinajstić information content (AvgIpc) is 3.18. The zero-order valence-corrected chi connectivity index (χ0v) is 19.5. The quantitative estimate of drug-likeness (QED) is 0.350. The molecular weight excluding hydrogens is 455 g/mol. The Morgan fingerprint density at radius 1 is 1.15 bits per heavy atom. The van der Waals surface area contributed by atoms with Gasteiger partial charge in [-0.05, 0) is 65.0 Å². The Kier molecular flexibility index (Phi) is 10.7. The molecule has 2 atom stereocenters. The topological polar surface area (TPSA) is 49.3 Å². The highest BCUT2D eigenvalue weighted by molar-refractivity contribution is 14.0. The molecule has 0 spiro atoms. The van der Waals surface area contributed by atoms with Crippen molar-refractivity contribution in [2.75, 3.05) is 59.5 Å². The van der Waals surface area contributed by atoms with Crippen molar-refractivity contribution in [3.05, 3.63) is 0 Å². The highest BCUT2D eigenvalue weighted by Gasteiger charge is 2.24. The van der Waals surface area contributed by atoms with Gasteiger partial charge >= 0.3 is 0 Å². The van der Waals surface area contributed by atoms with E-state index in [0.717, 1.165) is 64.6 Å². The molecule has 3 heterocycles. The summed E-state index contributed by atoms with van der Waals surface area (Å²) in [7, 11) is 2.22. The average molecular weight is 494 g/mol. The zero-order chi connectivity index (χ0) is 18.2. The number of rotatable bonds is 6. The van der Waals surface area contributed by atoms with Crippen LogP contribution in [-0.4, -0.2) is 87.5 Å². The number of hydrogen-bond donors (Lipinski definition) is 1. The molecule has 27 heavy (non-hydrogen) atoms. The predicted octanol–water partition coefficient (Wildman–Crippen LogP) is 2.57. The van der Waals surface area contributed by atoms with Crippen LogP contribution in [0.4, 0.5) is 0 Å². The van der Waals surface area contributed by atoms with Crippen LogP contribution in [-0.2, 0) is 9.47 Å². The van der Waals surface area contributed by atoms with Crippen LogP contribution in [0.15, 0.2) is 4.99 Å². The first-order chi connectivity index (χ1) is 12.7. The van der Waals surface area contributed by atoms with Gasteiger partial charge in [0, 0.05) is 39.3 Å². The van der Waals surface area contributed by atoms with Crippen LogP contribution < -0.4 is 5.32 Å². The fraction of sp³-hybridized carbons (Fsp3) is 0.950. The second-order valence-electron chi connectivity index (χ2n) is 8.12. The number of ether oxygens (including phenoxy) is 2. The van der Waals surface area contributed by atoms with Crippen molar-refractivity contribution in [3.8, 4) is 0 Å². The maximum atomic E-state index is 6.10. The molecule has 3 fully saturated rings. The molecule has 3 aliphatic heterocycles. The van der Waals surface area contributed by atoms with Gasteiger partial charge < -0.3 is 24.6 Å². The fourth-order valence-corrected chi connectivity index (χ4v) is 4.32. The molecule has 0 aliphatic carbocycles. The number of nitrogens with one attached hydrogen (secondary N) is 1. The van der Waals surface area contributed by atoms with Gasteiger partial charge in [-0.2, -0.15) is 0 Å². The van der Waals surface area contributed by atoms with E-state index < -0.39 is 0 Å². The molecule has 7 heteroatoms. The Morgan fingerprint density at radius 3 is 2.63 bits per heavy atom. The largest absolute Gasteiger partial charge is 0.376 e. The monoisotopic (exact) mass is 494 g/mol. The standard InChI is InChI=1S/C20H38N4O2.HI/c1-3-21-20(22-14-17-6-4-10-23(2)15-17)24-11-8-18(9-12-24)26-16-19-7-5-13-25-19;/h17-19H,3-16H2,1-2H3,(H,21,22);1H. The summed E-state index contributed by atoms with van der Waals surface area (Å²) in [5, 5.41) is 3.50. The van der Waals surface area contributed by atoms with E-state index >= 15 is 0 Å². The van der Waals surface area contributed by atoms with Gasteiger partial charge in [0.05, 0.1) is 18.8 Å². The van der Waals surface area contributed by atoms with Crippen molar-refractivity contribution in [2.45, 2.75) is 57.7 Å². The van der Waals surface area contributed by atoms with E-state index in [1.165, 1.54) is 32.4 Å². The van der Waals surface area contributed by atoms with Gasteiger partial charge in [-0.3, -0.25) is 4.99 Å². The third kappa shape index (κ3) is 7.66. The van der Waals surface area contributed by atoms with Gasteiger partial charge in [0.1, 0.15) is 0 Å². The Hall–Kier alpha value is -0.120. The molecule has 0 saturated carbocycles. The van der Waals surface area contributed by atoms with Crippen molar-refractivity contribution >= 4 is 29.9 Å². The number of halogens is 1. The third-order valence-electron chi connectivity index (χ3n) is 5.84. The lowest BCUT2D eigenvalue weighted by molar-refractivity contribution is -0.0367. The number of hydrogen-bond acceptors (Lipinski definition) is 4. The van der Waals surface area contributed by atoms with E-state index in [2.05, 4.69) is 29.1 Å². The summed E-state index contributed by atoms with van der Waals surface area (Å²) in [4.78, 5) is 9.83. The van der Waals surface area contributed by atoms with Crippen LogP contribution in [0, 0.1) is 5.92 Å². The Morgan fingerprint density at radius 2 is 1.96 bits per heavy atom. The Bertz CT molecular complexity index is 438. The van der Waals surface area contributed by atoms with Crippen LogP contribution in [0.1, 0.15) is 45.4 Å². The van der Waals surface area contributed by atoms with Gasteiger partial charge in [-0.25, -0.2) is 0 Å². The summed E-state index contributed by atoms with van der Waals surface area (Å²) in [5.74, 6) is 1.80. The summed E-state index contributed by atoms with van der Waals surface area (Å²) in [6.07, 6.45) is 7.85. The summed E-state index contributed by atoms with van der Waals surface area (Å²) < 4.78 is 11.8. The fourth-order valence-electron chi connectivity index (χ4n) is 4.32. The normalized spacial score (nSPS) is 28.2.